The minimum absolute atomic E-state index is 1.04. The Hall–Kier alpha value is -0.610. The smallest absolute Gasteiger partial charge is 0.185 e. The van der Waals surface area contributed by atoms with Crippen molar-refractivity contribution in [3.63, 3.8) is 0 Å². The first-order valence-electron chi connectivity index (χ1n) is 6.17. The Balaban J connectivity index is 2.03. The maximum atomic E-state index is 4.70. The summed E-state index contributed by atoms with van der Waals surface area (Å²) < 4.78 is 0. The van der Waals surface area contributed by atoms with Gasteiger partial charge in [-0.1, -0.05) is 0 Å². The van der Waals surface area contributed by atoms with E-state index in [0.717, 1.165) is 13.0 Å². The fourth-order valence-electron chi connectivity index (χ4n) is 2.10. The summed E-state index contributed by atoms with van der Waals surface area (Å²) in [7, 11) is 2.00. The van der Waals surface area contributed by atoms with E-state index in [1.54, 1.807) is 0 Å². The predicted molar refractivity (Wildman–Crippen MR) is 70.5 cm³/mol. The van der Waals surface area contributed by atoms with Crippen molar-refractivity contribution in [2.45, 2.75) is 32.6 Å². The van der Waals surface area contributed by atoms with Crippen LogP contribution in [0.1, 0.15) is 29.8 Å². The molecule has 2 rings (SSSR count). The number of hydrogen-bond acceptors (Lipinski definition) is 4. The van der Waals surface area contributed by atoms with Gasteiger partial charge in [-0.25, -0.2) is 4.98 Å². The van der Waals surface area contributed by atoms with Crippen LogP contribution in [0.25, 0.3) is 0 Å². The number of piperidine rings is 1. The van der Waals surface area contributed by atoms with Crippen LogP contribution in [-0.2, 0) is 6.42 Å². The zero-order valence-electron chi connectivity index (χ0n) is 10.3. The van der Waals surface area contributed by atoms with Crippen molar-refractivity contribution in [2.75, 3.05) is 31.6 Å². The SMILES string of the molecule is CNCCc1sc(N2CCCCC2)nc1C. The van der Waals surface area contributed by atoms with E-state index in [9.17, 15) is 0 Å². The van der Waals surface area contributed by atoms with Gasteiger partial charge in [-0.05, 0) is 46.2 Å². The zero-order valence-corrected chi connectivity index (χ0v) is 11.1. The molecular weight excluding hydrogens is 218 g/mol. The summed E-state index contributed by atoms with van der Waals surface area (Å²) >= 11 is 1.88. The van der Waals surface area contributed by atoms with Gasteiger partial charge in [0.1, 0.15) is 0 Å². The van der Waals surface area contributed by atoms with E-state index in [1.807, 2.05) is 18.4 Å². The van der Waals surface area contributed by atoms with E-state index in [1.165, 1.54) is 48.1 Å². The second-order valence-electron chi connectivity index (χ2n) is 4.41. The molecule has 4 heteroatoms. The third-order valence-electron chi connectivity index (χ3n) is 3.11. The molecule has 0 unspecified atom stereocenters. The first-order valence-corrected chi connectivity index (χ1v) is 6.99. The number of aryl methyl sites for hydroxylation is 1. The number of likely N-dealkylation sites (N-methyl/N-ethyl adjacent to an activating group) is 1. The van der Waals surface area contributed by atoms with Crippen LogP contribution in [0, 0.1) is 6.92 Å². The summed E-state index contributed by atoms with van der Waals surface area (Å²) in [6.07, 6.45) is 5.14. The van der Waals surface area contributed by atoms with Gasteiger partial charge in [-0.15, -0.1) is 11.3 Å². The minimum atomic E-state index is 1.04. The summed E-state index contributed by atoms with van der Waals surface area (Å²) in [5.74, 6) is 0. The number of thiazole rings is 1. The molecular formula is C12H21N3S. The van der Waals surface area contributed by atoms with E-state index >= 15 is 0 Å². The van der Waals surface area contributed by atoms with Crippen LogP contribution in [0.2, 0.25) is 0 Å². The number of aromatic nitrogens is 1. The summed E-state index contributed by atoms with van der Waals surface area (Å²) in [5.41, 5.74) is 1.22. The van der Waals surface area contributed by atoms with Gasteiger partial charge in [0, 0.05) is 18.0 Å². The number of hydrogen-bond donors (Lipinski definition) is 1. The van der Waals surface area contributed by atoms with Gasteiger partial charge in [0.2, 0.25) is 0 Å². The van der Waals surface area contributed by atoms with Crippen molar-refractivity contribution in [1.29, 1.82) is 0 Å². The highest BCUT2D eigenvalue weighted by atomic mass is 32.1. The molecule has 1 fully saturated rings. The molecule has 0 atom stereocenters. The van der Waals surface area contributed by atoms with E-state index in [4.69, 9.17) is 4.98 Å². The van der Waals surface area contributed by atoms with Crippen LogP contribution < -0.4 is 10.2 Å². The number of rotatable bonds is 4. The molecule has 1 saturated heterocycles. The number of anilines is 1. The highest BCUT2D eigenvalue weighted by Gasteiger charge is 2.16. The lowest BCUT2D eigenvalue weighted by molar-refractivity contribution is 0.576. The third-order valence-corrected chi connectivity index (χ3v) is 4.39. The molecule has 1 aliphatic rings. The molecule has 1 aliphatic heterocycles. The van der Waals surface area contributed by atoms with Crippen molar-refractivity contribution >= 4 is 16.5 Å². The van der Waals surface area contributed by atoms with Gasteiger partial charge in [-0.2, -0.15) is 0 Å². The van der Waals surface area contributed by atoms with Gasteiger partial charge in [-0.3, -0.25) is 0 Å². The average molecular weight is 239 g/mol. The topological polar surface area (TPSA) is 28.2 Å². The van der Waals surface area contributed by atoms with E-state index in [0.29, 0.717) is 0 Å². The van der Waals surface area contributed by atoms with Crippen LogP contribution in [0.3, 0.4) is 0 Å². The molecule has 90 valence electrons. The Bertz CT molecular complexity index is 329. The van der Waals surface area contributed by atoms with Crippen LogP contribution in [0.5, 0.6) is 0 Å². The van der Waals surface area contributed by atoms with Crippen molar-refractivity contribution in [1.82, 2.24) is 10.3 Å². The molecule has 0 aliphatic carbocycles. The molecule has 2 heterocycles. The van der Waals surface area contributed by atoms with Crippen LogP contribution in [0.15, 0.2) is 0 Å². The van der Waals surface area contributed by atoms with Gasteiger partial charge in [0.05, 0.1) is 5.69 Å². The summed E-state index contributed by atoms with van der Waals surface area (Å²) in [6.45, 7) is 5.56. The Labute approximate surface area is 102 Å². The average Bonchev–Trinajstić information content (AvgIpc) is 2.69. The highest BCUT2D eigenvalue weighted by molar-refractivity contribution is 7.15. The quantitative estimate of drug-likeness (QED) is 0.873. The van der Waals surface area contributed by atoms with Crippen molar-refractivity contribution in [3.05, 3.63) is 10.6 Å². The Kier molecular flexibility index (Phi) is 4.18. The number of nitrogens with zero attached hydrogens (tertiary/aromatic N) is 2. The van der Waals surface area contributed by atoms with E-state index < -0.39 is 0 Å². The molecule has 3 nitrogen and oxygen atoms in total. The fourth-order valence-corrected chi connectivity index (χ4v) is 3.22. The van der Waals surface area contributed by atoms with E-state index in [2.05, 4.69) is 17.1 Å². The summed E-state index contributed by atoms with van der Waals surface area (Å²) in [5, 5.41) is 4.44. The first-order chi connectivity index (χ1) is 7.81. The first kappa shape index (κ1) is 11.9. The second-order valence-corrected chi connectivity index (χ2v) is 5.47. The minimum Gasteiger partial charge on any atom is -0.348 e. The van der Waals surface area contributed by atoms with E-state index in [-0.39, 0.29) is 0 Å². The van der Waals surface area contributed by atoms with Crippen molar-refractivity contribution in [2.24, 2.45) is 0 Å². The predicted octanol–water partition coefficient (Wildman–Crippen LogP) is 2.20. The molecule has 0 saturated carbocycles. The lowest BCUT2D eigenvalue weighted by Gasteiger charge is -2.25. The van der Waals surface area contributed by atoms with Gasteiger partial charge in [0.15, 0.2) is 5.13 Å². The third kappa shape index (κ3) is 2.74. The van der Waals surface area contributed by atoms with Crippen molar-refractivity contribution < 1.29 is 0 Å². The largest absolute Gasteiger partial charge is 0.348 e. The monoisotopic (exact) mass is 239 g/mol. The van der Waals surface area contributed by atoms with Crippen LogP contribution >= 0.6 is 11.3 Å². The lowest BCUT2D eigenvalue weighted by atomic mass is 10.1. The number of nitrogens with one attached hydrogen (secondary N) is 1. The standard InChI is InChI=1S/C12H21N3S/c1-10-11(6-7-13-2)16-12(14-10)15-8-4-3-5-9-15/h13H,3-9H2,1-2H3. The summed E-state index contributed by atoms with van der Waals surface area (Å²) in [6, 6.07) is 0. The highest BCUT2D eigenvalue weighted by Crippen LogP contribution is 2.28. The molecule has 1 aromatic heterocycles. The van der Waals surface area contributed by atoms with Crippen LogP contribution in [-0.4, -0.2) is 31.7 Å². The molecule has 0 amide bonds. The molecule has 1 aromatic rings. The maximum Gasteiger partial charge on any atom is 0.185 e. The Morgan fingerprint density at radius 1 is 1.31 bits per heavy atom. The fraction of sp³-hybridized carbons (Fsp3) is 0.750. The van der Waals surface area contributed by atoms with Crippen LogP contribution in [0.4, 0.5) is 5.13 Å². The van der Waals surface area contributed by atoms with Gasteiger partial charge < -0.3 is 10.2 Å². The van der Waals surface area contributed by atoms with Crippen molar-refractivity contribution in [3.8, 4) is 0 Å². The molecule has 0 spiro atoms. The Morgan fingerprint density at radius 3 is 2.75 bits per heavy atom. The van der Waals surface area contributed by atoms with Gasteiger partial charge in [0.25, 0.3) is 0 Å². The molecule has 0 radical (unpaired) electrons. The Morgan fingerprint density at radius 2 is 2.06 bits per heavy atom. The molecule has 0 bridgehead atoms. The maximum absolute atomic E-state index is 4.70. The lowest BCUT2D eigenvalue weighted by Crippen LogP contribution is -2.29. The second kappa shape index (κ2) is 5.64. The normalized spacial score (nSPS) is 16.8. The molecule has 1 N–H and O–H groups in total. The molecule has 16 heavy (non-hydrogen) atoms. The summed E-state index contributed by atoms with van der Waals surface area (Å²) in [4.78, 5) is 8.59. The zero-order chi connectivity index (χ0) is 11.4. The molecule has 0 aromatic carbocycles. The van der Waals surface area contributed by atoms with Gasteiger partial charge >= 0.3 is 0 Å².